The van der Waals surface area contributed by atoms with Gasteiger partial charge >= 0.3 is 5.97 Å². The van der Waals surface area contributed by atoms with E-state index in [1.165, 1.54) is 70.6 Å². The van der Waals surface area contributed by atoms with Gasteiger partial charge in [0, 0.05) is 19.6 Å². The Morgan fingerprint density at radius 3 is 1.52 bits per heavy atom. The van der Waals surface area contributed by atoms with Crippen LogP contribution in [0.2, 0.25) is 0 Å². The molecule has 0 atom stereocenters. The van der Waals surface area contributed by atoms with Gasteiger partial charge in [0.05, 0.1) is 19.8 Å². The van der Waals surface area contributed by atoms with Gasteiger partial charge < -0.3 is 19.7 Å². The Morgan fingerprint density at radius 2 is 1.09 bits per heavy atom. The maximum Gasteiger partial charge on any atom is 0.305 e. The molecule has 0 aromatic heterocycles. The summed E-state index contributed by atoms with van der Waals surface area (Å²) in [7, 11) is 0. The number of aliphatic hydroxyl groups excluding tert-OH is 2. The summed E-state index contributed by atoms with van der Waals surface area (Å²) >= 11 is 0. The Morgan fingerprint density at radius 1 is 0.636 bits per heavy atom. The SMILES string of the molecule is CCCCCCCC/C=C\CCCCCCCC(=O)OCCCC.CCOCC.OCCO. The quantitative estimate of drug-likeness (QED) is 0.103. The lowest BCUT2D eigenvalue weighted by Crippen LogP contribution is -2.05. The predicted molar refractivity (Wildman–Crippen MR) is 142 cm³/mol. The van der Waals surface area contributed by atoms with Gasteiger partial charge in [-0.15, -0.1) is 0 Å². The molecular formula is C28H58O5. The molecule has 0 rings (SSSR count). The first kappa shape index (κ1) is 36.7. The fraction of sp³-hybridized carbons (Fsp3) is 0.893. The van der Waals surface area contributed by atoms with Gasteiger partial charge in [-0.3, -0.25) is 4.79 Å². The lowest BCUT2D eigenvalue weighted by molar-refractivity contribution is -0.143. The minimum absolute atomic E-state index is 0.0129. The molecular weight excluding hydrogens is 416 g/mol. The van der Waals surface area contributed by atoms with E-state index in [1.54, 1.807) is 0 Å². The highest BCUT2D eigenvalue weighted by atomic mass is 16.5. The van der Waals surface area contributed by atoms with Crippen LogP contribution in [0.5, 0.6) is 0 Å². The van der Waals surface area contributed by atoms with E-state index in [1.807, 2.05) is 13.8 Å². The molecule has 0 aromatic rings. The molecule has 0 aromatic carbocycles. The van der Waals surface area contributed by atoms with Gasteiger partial charge in [0.25, 0.3) is 0 Å². The molecule has 0 spiro atoms. The Hall–Kier alpha value is -0.910. The maximum atomic E-state index is 11.4. The minimum atomic E-state index is -0.125. The van der Waals surface area contributed by atoms with Crippen molar-refractivity contribution in [3.05, 3.63) is 12.2 Å². The molecule has 5 heteroatoms. The van der Waals surface area contributed by atoms with Crippen molar-refractivity contribution in [3.8, 4) is 0 Å². The zero-order chi connectivity index (χ0) is 25.3. The van der Waals surface area contributed by atoms with Gasteiger partial charge in [-0.1, -0.05) is 83.8 Å². The van der Waals surface area contributed by atoms with E-state index in [0.29, 0.717) is 13.0 Å². The van der Waals surface area contributed by atoms with Crippen LogP contribution in [-0.4, -0.2) is 49.2 Å². The molecule has 2 N–H and O–H groups in total. The largest absolute Gasteiger partial charge is 0.466 e. The van der Waals surface area contributed by atoms with Crippen molar-refractivity contribution in [1.29, 1.82) is 0 Å². The molecule has 5 nitrogen and oxygen atoms in total. The number of carbonyl (C=O) groups excluding carboxylic acids is 1. The topological polar surface area (TPSA) is 76.0 Å². The summed E-state index contributed by atoms with van der Waals surface area (Å²) in [5, 5.41) is 15.2. The number of esters is 1. The molecule has 200 valence electrons. The van der Waals surface area contributed by atoms with E-state index in [2.05, 4.69) is 26.0 Å². The van der Waals surface area contributed by atoms with Crippen LogP contribution in [0.15, 0.2) is 12.2 Å². The monoisotopic (exact) mass is 474 g/mol. The molecule has 0 aliphatic rings. The van der Waals surface area contributed by atoms with Crippen LogP contribution in [0.3, 0.4) is 0 Å². The van der Waals surface area contributed by atoms with Gasteiger partial charge in [0.2, 0.25) is 0 Å². The summed E-state index contributed by atoms with van der Waals surface area (Å²) in [6, 6.07) is 0. The number of hydrogen-bond acceptors (Lipinski definition) is 5. The molecule has 0 heterocycles. The number of unbranched alkanes of at least 4 members (excludes halogenated alkanes) is 12. The summed E-state index contributed by atoms with van der Waals surface area (Å²) in [5.41, 5.74) is 0. The Bertz CT molecular complexity index is 354. The fourth-order valence-electron chi connectivity index (χ4n) is 2.95. The van der Waals surface area contributed by atoms with Gasteiger partial charge in [-0.2, -0.15) is 0 Å². The minimum Gasteiger partial charge on any atom is -0.466 e. The summed E-state index contributed by atoms with van der Waals surface area (Å²) in [5.74, 6) is -0.0129. The molecule has 0 saturated carbocycles. The van der Waals surface area contributed by atoms with Crippen molar-refractivity contribution in [1.82, 2.24) is 0 Å². The van der Waals surface area contributed by atoms with Crippen molar-refractivity contribution in [2.24, 2.45) is 0 Å². The second kappa shape index (κ2) is 38.4. The lowest BCUT2D eigenvalue weighted by Gasteiger charge is -2.03. The van der Waals surface area contributed by atoms with E-state index in [4.69, 9.17) is 19.7 Å². The maximum absolute atomic E-state index is 11.4. The summed E-state index contributed by atoms with van der Waals surface area (Å²) in [6.45, 7) is 10.4. The zero-order valence-electron chi connectivity index (χ0n) is 22.6. The summed E-state index contributed by atoms with van der Waals surface area (Å²) < 4.78 is 9.99. The van der Waals surface area contributed by atoms with Gasteiger partial charge in [0.1, 0.15) is 0 Å². The molecule has 33 heavy (non-hydrogen) atoms. The molecule has 0 fully saturated rings. The average Bonchev–Trinajstić information content (AvgIpc) is 2.83. The van der Waals surface area contributed by atoms with E-state index in [-0.39, 0.29) is 19.2 Å². The van der Waals surface area contributed by atoms with Crippen molar-refractivity contribution in [2.75, 3.05) is 33.0 Å². The third-order valence-corrected chi connectivity index (χ3v) is 4.91. The van der Waals surface area contributed by atoms with Gasteiger partial charge in [0.15, 0.2) is 0 Å². The second-order valence-corrected chi connectivity index (χ2v) is 8.14. The molecule has 0 aliphatic carbocycles. The Labute approximate surface area is 206 Å². The van der Waals surface area contributed by atoms with Gasteiger partial charge in [-0.05, 0) is 52.4 Å². The number of allylic oxidation sites excluding steroid dienone is 2. The molecule has 0 saturated heterocycles. The van der Waals surface area contributed by atoms with Crippen molar-refractivity contribution in [2.45, 2.75) is 130 Å². The van der Waals surface area contributed by atoms with Crippen LogP contribution in [0.4, 0.5) is 0 Å². The lowest BCUT2D eigenvalue weighted by atomic mass is 10.1. The first-order valence-corrected chi connectivity index (χ1v) is 13.7. The highest BCUT2D eigenvalue weighted by Gasteiger charge is 2.01. The van der Waals surface area contributed by atoms with E-state index in [9.17, 15) is 4.79 Å². The summed E-state index contributed by atoms with van der Waals surface area (Å²) in [4.78, 5) is 11.4. The third kappa shape index (κ3) is 45.3. The number of carbonyl (C=O) groups is 1. The average molecular weight is 475 g/mol. The van der Waals surface area contributed by atoms with E-state index >= 15 is 0 Å². The van der Waals surface area contributed by atoms with Crippen LogP contribution >= 0.6 is 0 Å². The molecule has 0 aliphatic heterocycles. The Kier molecular flexibility index (Phi) is 42.6. The molecule has 0 radical (unpaired) electrons. The van der Waals surface area contributed by atoms with Gasteiger partial charge in [-0.25, -0.2) is 0 Å². The third-order valence-electron chi connectivity index (χ3n) is 4.91. The first-order chi connectivity index (χ1) is 16.1. The van der Waals surface area contributed by atoms with Crippen LogP contribution < -0.4 is 0 Å². The highest BCUT2D eigenvalue weighted by Crippen LogP contribution is 2.10. The fourth-order valence-corrected chi connectivity index (χ4v) is 2.95. The normalized spacial score (nSPS) is 10.4. The van der Waals surface area contributed by atoms with Crippen molar-refractivity contribution in [3.63, 3.8) is 0 Å². The molecule has 0 bridgehead atoms. The number of rotatable bonds is 21. The van der Waals surface area contributed by atoms with Crippen LogP contribution in [0.1, 0.15) is 130 Å². The van der Waals surface area contributed by atoms with E-state index in [0.717, 1.165) is 38.9 Å². The van der Waals surface area contributed by atoms with Crippen LogP contribution in [0.25, 0.3) is 0 Å². The first-order valence-electron chi connectivity index (χ1n) is 13.7. The van der Waals surface area contributed by atoms with Crippen LogP contribution in [0, 0.1) is 0 Å². The highest BCUT2D eigenvalue weighted by molar-refractivity contribution is 5.69. The zero-order valence-corrected chi connectivity index (χ0v) is 22.6. The van der Waals surface area contributed by atoms with E-state index < -0.39 is 0 Å². The Balaban J connectivity index is -0.000000841. The standard InChI is InChI=1S/C22H42O2.C4H10O.C2H6O2/c1-3-5-7-8-9-10-11-12-13-14-15-16-17-18-19-20-22(23)24-21-6-4-2;1-3-5-4-2;3-1-2-4/h12-13H,3-11,14-21H2,1-2H3;3-4H2,1-2H3;3-4H,1-2H2/b13-12-;;. The van der Waals surface area contributed by atoms with Crippen LogP contribution in [-0.2, 0) is 14.3 Å². The molecule has 0 unspecified atom stereocenters. The number of ether oxygens (including phenoxy) is 2. The van der Waals surface area contributed by atoms with Crippen molar-refractivity contribution >= 4 is 5.97 Å². The molecule has 0 amide bonds. The smallest absolute Gasteiger partial charge is 0.305 e. The summed E-state index contributed by atoms with van der Waals surface area (Å²) in [6.07, 6.45) is 24.1. The van der Waals surface area contributed by atoms with Crippen molar-refractivity contribution < 1.29 is 24.5 Å². The predicted octanol–water partition coefficient (Wildman–Crippen LogP) is 7.38. The second-order valence-electron chi connectivity index (χ2n) is 8.14. The number of hydrogen-bond donors (Lipinski definition) is 2. The number of aliphatic hydroxyl groups is 2.